The third kappa shape index (κ3) is 3.53. The van der Waals surface area contributed by atoms with Crippen molar-refractivity contribution in [3.63, 3.8) is 0 Å². The molecule has 4 rings (SSSR count). The van der Waals surface area contributed by atoms with Crippen molar-refractivity contribution in [1.29, 1.82) is 0 Å². The van der Waals surface area contributed by atoms with Crippen molar-refractivity contribution in [1.82, 2.24) is 10.3 Å². The van der Waals surface area contributed by atoms with Gasteiger partial charge in [-0.25, -0.2) is 4.98 Å². The Hall–Kier alpha value is -2.92. The standard InChI is InChI=1S/C21H18N2O2S/c1-14-22-17(13-26-14)12-20(24)23-21(15-7-3-2-4-8-15)19-11-16-9-5-6-10-18(16)25-19/h2-11,13,21H,12H2,1H3,(H,23,24). The van der Waals surface area contributed by atoms with E-state index < -0.39 is 0 Å². The zero-order valence-electron chi connectivity index (χ0n) is 14.3. The van der Waals surface area contributed by atoms with Gasteiger partial charge in [0.05, 0.1) is 17.1 Å². The number of hydrogen-bond acceptors (Lipinski definition) is 4. The summed E-state index contributed by atoms with van der Waals surface area (Å²) in [6.07, 6.45) is 0.258. The van der Waals surface area contributed by atoms with Crippen molar-refractivity contribution < 1.29 is 9.21 Å². The maximum Gasteiger partial charge on any atom is 0.226 e. The first-order chi connectivity index (χ1) is 12.7. The lowest BCUT2D eigenvalue weighted by atomic mass is 10.0. The number of nitrogens with zero attached hydrogens (tertiary/aromatic N) is 1. The van der Waals surface area contributed by atoms with Gasteiger partial charge in [-0.15, -0.1) is 11.3 Å². The molecule has 0 spiro atoms. The van der Waals surface area contributed by atoms with Crippen LogP contribution in [0.2, 0.25) is 0 Å². The first-order valence-corrected chi connectivity index (χ1v) is 9.31. The molecule has 2 heterocycles. The fourth-order valence-corrected chi connectivity index (χ4v) is 3.59. The molecule has 0 bridgehead atoms. The summed E-state index contributed by atoms with van der Waals surface area (Å²) in [4.78, 5) is 17.0. The number of nitrogens with one attached hydrogen (secondary N) is 1. The van der Waals surface area contributed by atoms with E-state index in [2.05, 4.69) is 10.3 Å². The van der Waals surface area contributed by atoms with Crippen molar-refractivity contribution in [2.45, 2.75) is 19.4 Å². The highest BCUT2D eigenvalue weighted by Crippen LogP contribution is 2.28. The lowest BCUT2D eigenvalue weighted by Crippen LogP contribution is -2.30. The van der Waals surface area contributed by atoms with Gasteiger partial charge in [-0.1, -0.05) is 48.5 Å². The summed E-state index contributed by atoms with van der Waals surface area (Å²) >= 11 is 1.55. The Labute approximate surface area is 155 Å². The Morgan fingerprint density at radius 3 is 2.65 bits per heavy atom. The van der Waals surface area contributed by atoms with Gasteiger partial charge in [0.2, 0.25) is 5.91 Å². The second kappa shape index (κ2) is 7.14. The van der Waals surface area contributed by atoms with E-state index in [0.29, 0.717) is 0 Å². The van der Waals surface area contributed by atoms with Gasteiger partial charge in [-0.05, 0) is 24.6 Å². The van der Waals surface area contributed by atoms with Crippen LogP contribution in [0.3, 0.4) is 0 Å². The maximum atomic E-state index is 12.6. The van der Waals surface area contributed by atoms with E-state index >= 15 is 0 Å². The Kier molecular flexibility index (Phi) is 4.54. The fourth-order valence-electron chi connectivity index (χ4n) is 2.97. The first kappa shape index (κ1) is 16.5. The number of thiazole rings is 1. The summed E-state index contributed by atoms with van der Waals surface area (Å²) in [5.41, 5.74) is 2.59. The number of hydrogen-bond donors (Lipinski definition) is 1. The normalized spacial score (nSPS) is 12.2. The Balaban J connectivity index is 1.63. The minimum absolute atomic E-state index is 0.0791. The third-order valence-corrected chi connectivity index (χ3v) is 5.00. The highest BCUT2D eigenvalue weighted by molar-refractivity contribution is 7.09. The molecule has 4 nitrogen and oxygen atoms in total. The minimum Gasteiger partial charge on any atom is -0.459 e. The van der Waals surface area contributed by atoms with E-state index in [4.69, 9.17) is 4.42 Å². The smallest absolute Gasteiger partial charge is 0.226 e. The molecule has 2 aromatic carbocycles. The zero-order chi connectivity index (χ0) is 17.9. The first-order valence-electron chi connectivity index (χ1n) is 8.43. The summed E-state index contributed by atoms with van der Waals surface area (Å²) in [6.45, 7) is 1.94. The largest absolute Gasteiger partial charge is 0.459 e. The molecule has 1 amide bonds. The van der Waals surface area contributed by atoms with Crippen LogP contribution >= 0.6 is 11.3 Å². The van der Waals surface area contributed by atoms with E-state index in [1.807, 2.05) is 73.0 Å². The number of aryl methyl sites for hydroxylation is 1. The lowest BCUT2D eigenvalue weighted by Gasteiger charge is -2.17. The van der Waals surface area contributed by atoms with Crippen LogP contribution in [0.4, 0.5) is 0 Å². The third-order valence-electron chi connectivity index (χ3n) is 4.18. The van der Waals surface area contributed by atoms with Crippen LogP contribution in [0.5, 0.6) is 0 Å². The molecule has 0 fully saturated rings. The van der Waals surface area contributed by atoms with Crippen LogP contribution < -0.4 is 5.32 Å². The molecule has 4 aromatic rings. The highest BCUT2D eigenvalue weighted by atomic mass is 32.1. The van der Waals surface area contributed by atoms with E-state index in [1.54, 1.807) is 11.3 Å². The van der Waals surface area contributed by atoms with Crippen molar-refractivity contribution in [2.24, 2.45) is 0 Å². The number of aromatic nitrogens is 1. The van der Waals surface area contributed by atoms with Gasteiger partial charge in [-0.3, -0.25) is 4.79 Å². The van der Waals surface area contributed by atoms with E-state index in [9.17, 15) is 4.79 Å². The number of benzene rings is 2. The van der Waals surface area contributed by atoms with Gasteiger partial charge >= 0.3 is 0 Å². The number of amides is 1. The predicted molar refractivity (Wildman–Crippen MR) is 103 cm³/mol. The molecular formula is C21H18N2O2S. The number of para-hydroxylation sites is 1. The van der Waals surface area contributed by atoms with Gasteiger partial charge in [0.25, 0.3) is 0 Å². The van der Waals surface area contributed by atoms with Gasteiger partial charge in [0, 0.05) is 10.8 Å². The minimum atomic E-state index is -0.337. The number of carbonyl (C=O) groups excluding carboxylic acids is 1. The highest BCUT2D eigenvalue weighted by Gasteiger charge is 2.21. The molecule has 0 radical (unpaired) electrons. The molecule has 1 atom stereocenters. The summed E-state index contributed by atoms with van der Waals surface area (Å²) in [5.74, 6) is 0.643. The summed E-state index contributed by atoms with van der Waals surface area (Å²) < 4.78 is 6.01. The maximum absolute atomic E-state index is 12.6. The predicted octanol–water partition coefficient (Wildman–Crippen LogP) is 4.65. The van der Waals surface area contributed by atoms with Crippen molar-refractivity contribution >= 4 is 28.2 Å². The van der Waals surface area contributed by atoms with Crippen molar-refractivity contribution in [3.05, 3.63) is 88.1 Å². The zero-order valence-corrected chi connectivity index (χ0v) is 15.1. The number of rotatable bonds is 5. The van der Waals surface area contributed by atoms with Crippen LogP contribution in [0.15, 0.2) is 70.5 Å². The molecular weight excluding hydrogens is 344 g/mol. The molecule has 0 aliphatic rings. The summed E-state index contributed by atoms with van der Waals surface area (Å²) in [6, 6.07) is 19.4. The second-order valence-corrected chi connectivity index (χ2v) is 7.19. The van der Waals surface area contributed by atoms with Crippen LogP contribution in [0, 0.1) is 6.92 Å². The Bertz CT molecular complexity index is 1000. The quantitative estimate of drug-likeness (QED) is 0.562. The molecule has 26 heavy (non-hydrogen) atoms. The number of carbonyl (C=O) groups is 1. The van der Waals surface area contributed by atoms with Crippen molar-refractivity contribution in [3.8, 4) is 0 Å². The van der Waals surface area contributed by atoms with Crippen LogP contribution in [0.25, 0.3) is 11.0 Å². The van der Waals surface area contributed by atoms with Gasteiger partial charge in [0.1, 0.15) is 17.4 Å². The van der Waals surface area contributed by atoms with Crippen LogP contribution in [0.1, 0.15) is 28.1 Å². The summed E-state index contributed by atoms with van der Waals surface area (Å²) in [5, 5.41) is 7.01. The molecule has 0 aliphatic carbocycles. The van der Waals surface area contributed by atoms with Gasteiger partial charge in [-0.2, -0.15) is 0 Å². The molecule has 0 aliphatic heterocycles. The molecule has 0 saturated carbocycles. The van der Waals surface area contributed by atoms with Crippen LogP contribution in [-0.2, 0) is 11.2 Å². The average Bonchev–Trinajstić information content (AvgIpc) is 3.26. The molecule has 2 aromatic heterocycles. The lowest BCUT2D eigenvalue weighted by molar-refractivity contribution is -0.121. The topological polar surface area (TPSA) is 55.1 Å². The van der Waals surface area contributed by atoms with Crippen molar-refractivity contribution in [2.75, 3.05) is 0 Å². The van der Waals surface area contributed by atoms with E-state index in [0.717, 1.165) is 33.0 Å². The fraction of sp³-hybridized carbons (Fsp3) is 0.143. The molecule has 0 saturated heterocycles. The van der Waals surface area contributed by atoms with Gasteiger partial charge in [0.15, 0.2) is 0 Å². The monoisotopic (exact) mass is 362 g/mol. The Morgan fingerprint density at radius 2 is 1.92 bits per heavy atom. The molecule has 1 unspecified atom stereocenters. The van der Waals surface area contributed by atoms with Crippen LogP contribution in [-0.4, -0.2) is 10.9 Å². The second-order valence-electron chi connectivity index (χ2n) is 6.13. The molecule has 1 N–H and O–H groups in total. The number of furan rings is 1. The Morgan fingerprint density at radius 1 is 1.15 bits per heavy atom. The molecule has 130 valence electrons. The molecule has 5 heteroatoms. The average molecular weight is 362 g/mol. The van der Waals surface area contributed by atoms with Gasteiger partial charge < -0.3 is 9.73 Å². The number of fused-ring (bicyclic) bond motifs is 1. The summed E-state index contributed by atoms with van der Waals surface area (Å²) in [7, 11) is 0. The van der Waals surface area contributed by atoms with E-state index in [-0.39, 0.29) is 18.4 Å². The van der Waals surface area contributed by atoms with E-state index in [1.165, 1.54) is 0 Å². The SMILES string of the molecule is Cc1nc(CC(=O)NC(c2ccccc2)c2cc3ccccc3o2)cs1.